The first kappa shape index (κ1) is 9.65. The fourth-order valence-corrected chi connectivity index (χ4v) is 1.26. The van der Waals surface area contributed by atoms with Crippen molar-refractivity contribution in [2.75, 3.05) is 0 Å². The summed E-state index contributed by atoms with van der Waals surface area (Å²) in [4.78, 5) is 0. The van der Waals surface area contributed by atoms with Crippen molar-refractivity contribution < 1.29 is 13.9 Å². The molecule has 1 nitrogen and oxygen atoms in total. The van der Waals surface area contributed by atoms with Crippen LogP contribution in [0.15, 0.2) is 36.4 Å². The van der Waals surface area contributed by atoms with E-state index in [4.69, 9.17) is 5.11 Å². The molecule has 0 amide bonds. The van der Waals surface area contributed by atoms with E-state index in [1.54, 1.807) is 6.07 Å². The van der Waals surface area contributed by atoms with Crippen molar-refractivity contribution in [2.24, 2.45) is 0 Å². The molecule has 2 aromatic carbocycles. The minimum atomic E-state index is -0.703. The van der Waals surface area contributed by atoms with Crippen molar-refractivity contribution in [1.29, 1.82) is 0 Å². The number of halogens is 2. The topological polar surface area (TPSA) is 20.2 Å². The largest absolute Gasteiger partial charge is 0.505 e. The van der Waals surface area contributed by atoms with Gasteiger partial charge in [0, 0.05) is 0 Å². The van der Waals surface area contributed by atoms with E-state index in [1.807, 2.05) is 0 Å². The molecule has 0 aromatic heterocycles. The van der Waals surface area contributed by atoms with Gasteiger partial charge in [0.2, 0.25) is 0 Å². The molecular formula is C12H7F2O. The maximum absolute atomic E-state index is 13.0. The van der Waals surface area contributed by atoms with Crippen molar-refractivity contribution in [3.05, 3.63) is 54.1 Å². The third-order valence-corrected chi connectivity index (χ3v) is 2.03. The summed E-state index contributed by atoms with van der Waals surface area (Å²) < 4.78 is 25.6. The Morgan fingerprint density at radius 2 is 1.87 bits per heavy atom. The van der Waals surface area contributed by atoms with Crippen LogP contribution in [0.3, 0.4) is 0 Å². The highest BCUT2D eigenvalue weighted by Gasteiger charge is 2.03. The molecule has 0 aliphatic carbocycles. The average molecular weight is 205 g/mol. The van der Waals surface area contributed by atoms with E-state index in [9.17, 15) is 8.78 Å². The standard InChI is InChI=1S/C12H7F2O/c13-10-4-1-8(2-5-10)9-3-6-12(15)11(14)7-9/h1,3-7,15H. The molecule has 0 heterocycles. The molecule has 1 radical (unpaired) electrons. The summed E-state index contributed by atoms with van der Waals surface area (Å²) in [6.07, 6.45) is 0. The summed E-state index contributed by atoms with van der Waals surface area (Å²) in [5, 5.41) is 8.99. The van der Waals surface area contributed by atoms with Gasteiger partial charge in [-0.25, -0.2) is 8.78 Å². The quantitative estimate of drug-likeness (QED) is 0.758. The smallest absolute Gasteiger partial charge is 0.165 e. The van der Waals surface area contributed by atoms with Crippen LogP contribution in [0.25, 0.3) is 11.1 Å². The highest BCUT2D eigenvalue weighted by Crippen LogP contribution is 2.24. The third-order valence-electron chi connectivity index (χ3n) is 2.03. The predicted molar refractivity (Wildman–Crippen MR) is 52.3 cm³/mol. The lowest BCUT2D eigenvalue weighted by Crippen LogP contribution is -1.82. The summed E-state index contributed by atoms with van der Waals surface area (Å²) >= 11 is 0. The zero-order valence-electron chi connectivity index (χ0n) is 7.67. The van der Waals surface area contributed by atoms with Crippen LogP contribution in [-0.2, 0) is 0 Å². The predicted octanol–water partition coefficient (Wildman–Crippen LogP) is 3.14. The molecule has 15 heavy (non-hydrogen) atoms. The molecule has 0 atom stereocenters. The zero-order chi connectivity index (χ0) is 10.8. The fourth-order valence-electron chi connectivity index (χ4n) is 1.26. The van der Waals surface area contributed by atoms with Gasteiger partial charge in [-0.05, 0) is 41.5 Å². The molecular weight excluding hydrogens is 198 g/mol. The minimum Gasteiger partial charge on any atom is -0.505 e. The Bertz CT molecular complexity index is 477. The van der Waals surface area contributed by atoms with Crippen LogP contribution in [-0.4, -0.2) is 5.11 Å². The molecule has 0 bridgehead atoms. The first-order chi connectivity index (χ1) is 7.16. The molecule has 2 rings (SSSR count). The number of hydrogen-bond acceptors (Lipinski definition) is 1. The lowest BCUT2D eigenvalue weighted by atomic mass is 10.1. The Hall–Kier alpha value is -1.90. The van der Waals surface area contributed by atoms with Gasteiger partial charge >= 0.3 is 0 Å². The maximum atomic E-state index is 13.0. The maximum Gasteiger partial charge on any atom is 0.165 e. The molecule has 0 fully saturated rings. The van der Waals surface area contributed by atoms with Crippen LogP contribution < -0.4 is 0 Å². The van der Waals surface area contributed by atoms with Gasteiger partial charge in [0.1, 0.15) is 5.82 Å². The van der Waals surface area contributed by atoms with Crippen LogP contribution >= 0.6 is 0 Å². The summed E-state index contributed by atoms with van der Waals surface area (Å²) in [5.74, 6) is -1.50. The second kappa shape index (κ2) is 3.69. The van der Waals surface area contributed by atoms with Gasteiger partial charge in [0.25, 0.3) is 0 Å². The monoisotopic (exact) mass is 205 g/mol. The van der Waals surface area contributed by atoms with Crippen molar-refractivity contribution >= 4 is 0 Å². The van der Waals surface area contributed by atoms with Gasteiger partial charge in [-0.2, -0.15) is 0 Å². The molecule has 1 N–H and O–H groups in total. The Labute approximate surface area is 85.6 Å². The lowest BCUT2D eigenvalue weighted by molar-refractivity contribution is 0.432. The van der Waals surface area contributed by atoms with E-state index < -0.39 is 17.4 Å². The summed E-state index contributed by atoms with van der Waals surface area (Å²) in [5.41, 5.74) is 1.13. The highest BCUT2D eigenvalue weighted by atomic mass is 19.1. The Morgan fingerprint density at radius 3 is 2.47 bits per heavy atom. The highest BCUT2D eigenvalue weighted by molar-refractivity contribution is 5.63. The van der Waals surface area contributed by atoms with Gasteiger partial charge in [-0.15, -0.1) is 0 Å². The van der Waals surface area contributed by atoms with Crippen molar-refractivity contribution in [1.82, 2.24) is 0 Å². The van der Waals surface area contributed by atoms with E-state index in [0.717, 1.165) is 0 Å². The second-order valence-electron chi connectivity index (χ2n) is 3.09. The number of aromatic hydroxyl groups is 1. The molecule has 0 aliphatic rings. The second-order valence-corrected chi connectivity index (χ2v) is 3.09. The summed E-state index contributed by atoms with van der Waals surface area (Å²) in [6, 6.07) is 10.6. The number of rotatable bonds is 1. The van der Waals surface area contributed by atoms with Gasteiger partial charge < -0.3 is 5.11 Å². The van der Waals surface area contributed by atoms with Crippen LogP contribution in [0.2, 0.25) is 0 Å². The van der Waals surface area contributed by atoms with Gasteiger partial charge in [-0.1, -0.05) is 12.1 Å². The average Bonchev–Trinajstić information content (AvgIpc) is 2.23. The van der Waals surface area contributed by atoms with E-state index in [0.29, 0.717) is 11.1 Å². The van der Waals surface area contributed by atoms with Gasteiger partial charge in [0.05, 0.1) is 0 Å². The van der Waals surface area contributed by atoms with Gasteiger partial charge in [-0.3, -0.25) is 0 Å². The number of hydrogen-bond donors (Lipinski definition) is 1. The van der Waals surface area contributed by atoms with Crippen molar-refractivity contribution in [3.63, 3.8) is 0 Å². The summed E-state index contributed by atoms with van der Waals surface area (Å²) in [7, 11) is 0. The van der Waals surface area contributed by atoms with Crippen LogP contribution in [0.4, 0.5) is 8.78 Å². The normalized spacial score (nSPS) is 10.3. The molecule has 0 saturated heterocycles. The van der Waals surface area contributed by atoms with Crippen LogP contribution in [0.1, 0.15) is 0 Å². The molecule has 75 valence electrons. The molecule has 2 aromatic rings. The SMILES string of the molecule is Oc1ccc(-c2[c]cc(F)cc2)cc1F. The Balaban J connectivity index is 2.45. The van der Waals surface area contributed by atoms with E-state index >= 15 is 0 Å². The van der Waals surface area contributed by atoms with E-state index in [2.05, 4.69) is 6.07 Å². The number of phenols is 1. The number of phenolic OH excluding ortho intramolecular Hbond substituents is 1. The van der Waals surface area contributed by atoms with E-state index in [1.165, 1.54) is 30.3 Å². The summed E-state index contributed by atoms with van der Waals surface area (Å²) in [6.45, 7) is 0. The number of benzene rings is 2. The van der Waals surface area contributed by atoms with Crippen molar-refractivity contribution in [3.8, 4) is 16.9 Å². The Kier molecular flexibility index (Phi) is 2.37. The van der Waals surface area contributed by atoms with E-state index in [-0.39, 0.29) is 0 Å². The first-order valence-electron chi connectivity index (χ1n) is 4.33. The van der Waals surface area contributed by atoms with Crippen molar-refractivity contribution in [2.45, 2.75) is 0 Å². The van der Waals surface area contributed by atoms with Gasteiger partial charge in [0.15, 0.2) is 11.6 Å². The molecule has 0 spiro atoms. The fraction of sp³-hybridized carbons (Fsp3) is 0. The molecule has 0 unspecified atom stereocenters. The lowest BCUT2D eigenvalue weighted by Gasteiger charge is -2.02. The molecule has 3 heteroatoms. The first-order valence-corrected chi connectivity index (χ1v) is 4.33. The molecule has 0 saturated carbocycles. The molecule has 0 aliphatic heterocycles. The minimum absolute atomic E-state index is 0.391. The Morgan fingerprint density at radius 1 is 1.07 bits per heavy atom. The third kappa shape index (κ3) is 1.96. The van der Waals surface area contributed by atoms with Crippen LogP contribution in [0.5, 0.6) is 5.75 Å². The van der Waals surface area contributed by atoms with Crippen LogP contribution in [0, 0.1) is 17.7 Å². The zero-order valence-corrected chi connectivity index (χ0v) is 7.67.